The number of fused-ring (bicyclic) bond motifs is 1. The van der Waals surface area contributed by atoms with Gasteiger partial charge >= 0.3 is 5.97 Å². The van der Waals surface area contributed by atoms with E-state index in [0.717, 1.165) is 17.6 Å². The fraction of sp³-hybridized carbons (Fsp3) is 0.257. The van der Waals surface area contributed by atoms with Gasteiger partial charge in [0, 0.05) is 29.8 Å². The Morgan fingerprint density at radius 2 is 1.80 bits per heavy atom. The monoisotopic (exact) mass is 536 g/mol. The Kier molecular flexibility index (Phi) is 8.73. The molecule has 0 saturated carbocycles. The van der Waals surface area contributed by atoms with E-state index in [1.54, 1.807) is 6.92 Å². The van der Waals surface area contributed by atoms with Crippen molar-refractivity contribution < 1.29 is 19.1 Å². The molecule has 1 aliphatic carbocycles. The number of benzene rings is 2. The summed E-state index contributed by atoms with van der Waals surface area (Å²) in [5, 5.41) is 10.5. The maximum Gasteiger partial charge on any atom is 0.336 e. The molecule has 0 atom stereocenters. The van der Waals surface area contributed by atoms with Crippen molar-refractivity contribution in [2.45, 2.75) is 53.9 Å². The molecule has 1 aromatic heterocycles. The normalized spacial score (nSPS) is 16.3. The Hall–Kier alpha value is -4.38. The third-order valence-electron chi connectivity index (χ3n) is 7.18. The minimum absolute atomic E-state index is 0.0313. The molecule has 4 rings (SSSR count). The molecule has 0 saturated heterocycles. The van der Waals surface area contributed by atoms with Gasteiger partial charge in [0.15, 0.2) is 5.43 Å². The van der Waals surface area contributed by atoms with Gasteiger partial charge in [0.25, 0.3) is 0 Å². The molecule has 206 valence electrons. The van der Waals surface area contributed by atoms with Crippen LogP contribution in [0.1, 0.15) is 53.9 Å². The summed E-state index contributed by atoms with van der Waals surface area (Å²) in [6.07, 6.45) is 15.1. The van der Waals surface area contributed by atoms with Gasteiger partial charge in [-0.1, -0.05) is 85.7 Å². The van der Waals surface area contributed by atoms with Gasteiger partial charge in [0.2, 0.25) is 0 Å². The second-order valence-corrected chi connectivity index (χ2v) is 11.0. The largest absolute Gasteiger partial charge is 0.507 e. The molecule has 0 radical (unpaired) electrons. The number of ether oxygens (including phenoxy) is 1. The third kappa shape index (κ3) is 6.97. The van der Waals surface area contributed by atoms with Crippen LogP contribution in [0.15, 0.2) is 116 Å². The smallest absolute Gasteiger partial charge is 0.336 e. The van der Waals surface area contributed by atoms with Crippen LogP contribution in [-0.2, 0) is 4.79 Å². The van der Waals surface area contributed by atoms with Crippen LogP contribution in [0.4, 0.5) is 0 Å². The number of aromatic hydroxyl groups is 1. The molecule has 3 aromatic rings. The van der Waals surface area contributed by atoms with Crippen LogP contribution in [-0.4, -0.2) is 11.1 Å². The molecule has 0 fully saturated rings. The number of hydrogen-bond acceptors (Lipinski definition) is 5. The van der Waals surface area contributed by atoms with E-state index >= 15 is 0 Å². The van der Waals surface area contributed by atoms with Gasteiger partial charge < -0.3 is 14.3 Å². The molecule has 1 N–H and O–H groups in total. The minimum atomic E-state index is -0.606. The first-order valence-corrected chi connectivity index (χ1v) is 13.5. The second-order valence-electron chi connectivity index (χ2n) is 11.0. The van der Waals surface area contributed by atoms with Crippen molar-refractivity contribution in [3.8, 4) is 22.8 Å². The number of esters is 1. The van der Waals surface area contributed by atoms with Crippen LogP contribution in [0.25, 0.3) is 22.3 Å². The molecule has 0 aliphatic heterocycles. The maximum atomic E-state index is 12.6. The highest BCUT2D eigenvalue weighted by Crippen LogP contribution is 2.40. The molecule has 1 heterocycles. The van der Waals surface area contributed by atoms with Gasteiger partial charge in [-0.05, 0) is 56.6 Å². The van der Waals surface area contributed by atoms with Crippen LogP contribution < -0.4 is 10.2 Å². The van der Waals surface area contributed by atoms with Crippen LogP contribution >= 0.6 is 0 Å². The van der Waals surface area contributed by atoms with E-state index in [2.05, 4.69) is 32.9 Å². The molecule has 1 aliphatic rings. The highest BCUT2D eigenvalue weighted by atomic mass is 16.5. The average molecular weight is 537 g/mol. The van der Waals surface area contributed by atoms with E-state index in [4.69, 9.17) is 9.15 Å². The number of rotatable bonds is 7. The summed E-state index contributed by atoms with van der Waals surface area (Å²) < 4.78 is 11.3. The predicted octanol–water partition coefficient (Wildman–Crippen LogP) is 8.60. The van der Waals surface area contributed by atoms with Crippen molar-refractivity contribution in [2.24, 2.45) is 5.41 Å². The Morgan fingerprint density at radius 3 is 2.52 bits per heavy atom. The number of phenols is 1. The Labute approximate surface area is 235 Å². The number of phenolic OH excluding ortho intramolecular Hbond substituents is 1. The van der Waals surface area contributed by atoms with Gasteiger partial charge in [-0.25, -0.2) is 4.79 Å². The molecular weight excluding hydrogens is 500 g/mol. The summed E-state index contributed by atoms with van der Waals surface area (Å²) in [7, 11) is 0. The zero-order valence-corrected chi connectivity index (χ0v) is 23.8. The van der Waals surface area contributed by atoms with E-state index in [0.29, 0.717) is 11.3 Å². The molecular formula is C35H36O5. The summed E-state index contributed by atoms with van der Waals surface area (Å²) in [6, 6.07) is 13.2. The van der Waals surface area contributed by atoms with Crippen molar-refractivity contribution in [1.82, 2.24) is 0 Å². The predicted molar refractivity (Wildman–Crippen MR) is 161 cm³/mol. The minimum Gasteiger partial charge on any atom is -0.507 e. The second kappa shape index (κ2) is 12.2. The lowest BCUT2D eigenvalue weighted by atomic mass is 9.72. The van der Waals surface area contributed by atoms with Gasteiger partial charge in [-0.2, -0.15) is 0 Å². The molecule has 5 heteroatoms. The Balaban J connectivity index is 1.45. The zero-order chi connectivity index (χ0) is 28.9. The van der Waals surface area contributed by atoms with Gasteiger partial charge in [0.05, 0.1) is 0 Å². The molecule has 0 unspecified atom stereocenters. The summed E-state index contributed by atoms with van der Waals surface area (Å²) >= 11 is 0. The van der Waals surface area contributed by atoms with Gasteiger partial charge in [-0.15, -0.1) is 0 Å². The number of carbonyl (C=O) groups excluding carboxylic acids is 1. The molecule has 5 nitrogen and oxygen atoms in total. The maximum absolute atomic E-state index is 12.6. The topological polar surface area (TPSA) is 76.7 Å². The van der Waals surface area contributed by atoms with Gasteiger partial charge in [0.1, 0.15) is 28.2 Å². The van der Waals surface area contributed by atoms with Crippen LogP contribution in [0.5, 0.6) is 11.5 Å². The van der Waals surface area contributed by atoms with Crippen LogP contribution in [0.3, 0.4) is 0 Å². The van der Waals surface area contributed by atoms with Crippen molar-refractivity contribution in [2.75, 3.05) is 0 Å². The first kappa shape index (κ1) is 28.6. The lowest BCUT2D eigenvalue weighted by Crippen LogP contribution is -2.19. The SMILES string of the molecule is CC1=C(/C=C/C(C)=C/C=C/C(C)=C/C(=O)Oc2cc(O)c3c(=O)cc(-c4ccccc4)oc3c2)C(C)(C)CCC1. The van der Waals surface area contributed by atoms with Crippen molar-refractivity contribution in [1.29, 1.82) is 0 Å². The molecule has 0 amide bonds. The van der Waals surface area contributed by atoms with E-state index in [-0.39, 0.29) is 33.3 Å². The van der Waals surface area contributed by atoms with Gasteiger partial charge in [-0.3, -0.25) is 4.79 Å². The first-order valence-electron chi connectivity index (χ1n) is 13.5. The van der Waals surface area contributed by atoms with E-state index < -0.39 is 5.97 Å². The van der Waals surface area contributed by atoms with E-state index in [1.807, 2.05) is 55.5 Å². The Bertz CT molecular complexity index is 1630. The summed E-state index contributed by atoms with van der Waals surface area (Å²) in [4.78, 5) is 25.2. The molecule has 2 aromatic carbocycles. The van der Waals surface area contributed by atoms with Crippen molar-refractivity contribution in [3.05, 3.63) is 118 Å². The van der Waals surface area contributed by atoms with E-state index in [9.17, 15) is 14.7 Å². The summed E-state index contributed by atoms with van der Waals surface area (Å²) in [5.41, 5.74) is 5.36. The number of hydrogen-bond donors (Lipinski definition) is 1. The average Bonchev–Trinajstić information content (AvgIpc) is 2.88. The summed E-state index contributed by atoms with van der Waals surface area (Å²) in [6.45, 7) is 10.7. The molecule has 40 heavy (non-hydrogen) atoms. The lowest BCUT2D eigenvalue weighted by Gasteiger charge is -2.32. The van der Waals surface area contributed by atoms with E-state index in [1.165, 1.54) is 48.3 Å². The fourth-order valence-corrected chi connectivity index (χ4v) is 5.06. The molecule has 0 bridgehead atoms. The standard InChI is InChI=1S/C35H36O5/c1-23(16-17-28-25(3)13-10-18-35(28,4)5)11-9-12-24(2)19-33(38)39-27-20-29(36)34-30(37)22-31(40-32(34)21-27)26-14-7-6-8-15-26/h6-9,11-12,14-17,19-22,36H,10,13,18H2,1-5H3/b12-9+,17-16+,23-11+,24-19+. The molecule has 0 spiro atoms. The zero-order valence-electron chi connectivity index (χ0n) is 23.8. The van der Waals surface area contributed by atoms with Crippen LogP contribution in [0.2, 0.25) is 0 Å². The quantitative estimate of drug-likeness (QED) is 0.142. The number of allylic oxidation sites excluding steroid dienone is 9. The summed E-state index contributed by atoms with van der Waals surface area (Å²) in [5.74, 6) is -0.489. The van der Waals surface area contributed by atoms with Crippen molar-refractivity contribution in [3.63, 3.8) is 0 Å². The first-order chi connectivity index (χ1) is 19.0. The lowest BCUT2D eigenvalue weighted by molar-refractivity contribution is -0.129. The highest BCUT2D eigenvalue weighted by Gasteiger charge is 2.26. The van der Waals surface area contributed by atoms with Crippen molar-refractivity contribution >= 4 is 16.9 Å². The van der Waals surface area contributed by atoms with Crippen LogP contribution in [0, 0.1) is 5.41 Å². The fourth-order valence-electron chi connectivity index (χ4n) is 5.06. The third-order valence-corrected chi connectivity index (χ3v) is 7.18. The highest BCUT2D eigenvalue weighted by molar-refractivity contribution is 5.89. The number of carbonyl (C=O) groups is 1. The Morgan fingerprint density at radius 1 is 1.05 bits per heavy atom.